The zero-order chi connectivity index (χ0) is 15.8. The van der Waals surface area contributed by atoms with Gasteiger partial charge in [0, 0.05) is 44.0 Å². The number of benzene rings is 1. The molecule has 0 heterocycles. The third kappa shape index (κ3) is 6.14. The highest BCUT2D eigenvalue weighted by Crippen LogP contribution is 2.17. The molecule has 5 heteroatoms. The number of nitrogens with two attached hydrogens (primary N) is 1. The lowest BCUT2D eigenvalue weighted by atomic mass is 10.1. The molecule has 0 aliphatic carbocycles. The Labute approximate surface area is 127 Å². The van der Waals surface area contributed by atoms with Crippen molar-refractivity contribution in [3.05, 3.63) is 23.8 Å². The van der Waals surface area contributed by atoms with Crippen LogP contribution in [0.25, 0.3) is 0 Å². The van der Waals surface area contributed by atoms with Crippen LogP contribution in [0.4, 0.5) is 11.4 Å². The largest absolute Gasteiger partial charge is 0.399 e. The molecular weight excluding hydrogens is 266 g/mol. The van der Waals surface area contributed by atoms with E-state index in [2.05, 4.69) is 24.1 Å². The van der Waals surface area contributed by atoms with Gasteiger partial charge < -0.3 is 15.8 Å². The van der Waals surface area contributed by atoms with E-state index in [0.717, 1.165) is 24.3 Å². The van der Waals surface area contributed by atoms with Crippen LogP contribution < -0.4 is 11.1 Å². The van der Waals surface area contributed by atoms with Crippen molar-refractivity contribution in [3.8, 4) is 0 Å². The SMILES string of the molecule is COCCN(CCC(=O)Nc1ccc(N)cc1C)C(C)C. The Morgan fingerprint density at radius 3 is 2.67 bits per heavy atom. The summed E-state index contributed by atoms with van der Waals surface area (Å²) < 4.78 is 5.10. The third-order valence-corrected chi connectivity index (χ3v) is 3.46. The van der Waals surface area contributed by atoms with Crippen molar-refractivity contribution in [3.63, 3.8) is 0 Å². The van der Waals surface area contributed by atoms with E-state index < -0.39 is 0 Å². The first-order valence-corrected chi connectivity index (χ1v) is 7.33. The third-order valence-electron chi connectivity index (χ3n) is 3.46. The van der Waals surface area contributed by atoms with E-state index in [1.807, 2.05) is 19.1 Å². The molecule has 1 amide bonds. The maximum absolute atomic E-state index is 12.1. The highest BCUT2D eigenvalue weighted by atomic mass is 16.5. The van der Waals surface area contributed by atoms with E-state index >= 15 is 0 Å². The molecule has 0 saturated heterocycles. The lowest BCUT2D eigenvalue weighted by molar-refractivity contribution is -0.116. The van der Waals surface area contributed by atoms with Crippen molar-refractivity contribution < 1.29 is 9.53 Å². The van der Waals surface area contributed by atoms with Crippen molar-refractivity contribution in [2.45, 2.75) is 33.2 Å². The summed E-state index contributed by atoms with van der Waals surface area (Å²) in [6.45, 7) is 8.42. The number of nitrogens with one attached hydrogen (secondary N) is 1. The van der Waals surface area contributed by atoms with Crippen molar-refractivity contribution >= 4 is 17.3 Å². The molecule has 118 valence electrons. The van der Waals surface area contributed by atoms with Gasteiger partial charge in [-0.3, -0.25) is 9.69 Å². The van der Waals surface area contributed by atoms with Crippen LogP contribution in [-0.2, 0) is 9.53 Å². The minimum absolute atomic E-state index is 0.0194. The second-order valence-corrected chi connectivity index (χ2v) is 5.50. The summed E-state index contributed by atoms with van der Waals surface area (Å²) >= 11 is 0. The van der Waals surface area contributed by atoms with E-state index in [1.54, 1.807) is 13.2 Å². The van der Waals surface area contributed by atoms with Gasteiger partial charge >= 0.3 is 0 Å². The van der Waals surface area contributed by atoms with E-state index in [1.165, 1.54) is 0 Å². The van der Waals surface area contributed by atoms with Gasteiger partial charge in [0.05, 0.1) is 6.61 Å². The van der Waals surface area contributed by atoms with Gasteiger partial charge in [-0.25, -0.2) is 0 Å². The monoisotopic (exact) mass is 293 g/mol. The molecule has 0 fully saturated rings. The van der Waals surface area contributed by atoms with Gasteiger partial charge in [-0.15, -0.1) is 0 Å². The number of nitrogens with zero attached hydrogens (tertiary/aromatic N) is 1. The zero-order valence-electron chi connectivity index (χ0n) is 13.5. The average Bonchev–Trinajstić information content (AvgIpc) is 2.41. The van der Waals surface area contributed by atoms with Gasteiger partial charge in [0.2, 0.25) is 5.91 Å². The fourth-order valence-electron chi connectivity index (χ4n) is 2.12. The van der Waals surface area contributed by atoms with E-state index in [4.69, 9.17) is 10.5 Å². The molecule has 0 aliphatic heterocycles. The van der Waals surface area contributed by atoms with Gasteiger partial charge in [-0.2, -0.15) is 0 Å². The van der Waals surface area contributed by atoms with Crippen LogP contribution in [-0.4, -0.2) is 43.7 Å². The number of hydrogen-bond acceptors (Lipinski definition) is 4. The minimum atomic E-state index is 0.0194. The number of nitrogen functional groups attached to an aromatic ring is 1. The molecule has 0 aromatic heterocycles. The summed E-state index contributed by atoms with van der Waals surface area (Å²) in [6, 6.07) is 5.88. The molecule has 0 aliphatic rings. The summed E-state index contributed by atoms with van der Waals surface area (Å²) in [4.78, 5) is 14.3. The number of carbonyl (C=O) groups is 1. The van der Waals surface area contributed by atoms with E-state index in [-0.39, 0.29) is 5.91 Å². The summed E-state index contributed by atoms with van der Waals surface area (Å²) in [7, 11) is 1.69. The summed E-state index contributed by atoms with van der Waals surface area (Å²) in [5.41, 5.74) is 8.21. The Morgan fingerprint density at radius 2 is 2.10 bits per heavy atom. The lowest BCUT2D eigenvalue weighted by Crippen LogP contribution is -2.36. The topological polar surface area (TPSA) is 67.6 Å². The Kier molecular flexibility index (Phi) is 7.19. The molecule has 0 bridgehead atoms. The molecular formula is C16H27N3O2. The first kappa shape index (κ1) is 17.5. The molecule has 0 saturated carbocycles. The zero-order valence-corrected chi connectivity index (χ0v) is 13.5. The fraction of sp³-hybridized carbons (Fsp3) is 0.562. The van der Waals surface area contributed by atoms with Crippen molar-refractivity contribution in [1.29, 1.82) is 0 Å². The van der Waals surface area contributed by atoms with Crippen LogP contribution in [0.2, 0.25) is 0 Å². The van der Waals surface area contributed by atoms with Crippen LogP contribution in [0, 0.1) is 6.92 Å². The smallest absolute Gasteiger partial charge is 0.225 e. The van der Waals surface area contributed by atoms with Crippen LogP contribution in [0.5, 0.6) is 0 Å². The average molecular weight is 293 g/mol. The van der Waals surface area contributed by atoms with Crippen LogP contribution in [0.15, 0.2) is 18.2 Å². The molecule has 3 N–H and O–H groups in total. The van der Waals surface area contributed by atoms with Gasteiger partial charge in [0.1, 0.15) is 0 Å². The molecule has 1 rings (SSSR count). The Hall–Kier alpha value is -1.59. The van der Waals surface area contributed by atoms with Crippen LogP contribution in [0.1, 0.15) is 25.8 Å². The van der Waals surface area contributed by atoms with Crippen LogP contribution in [0.3, 0.4) is 0 Å². The molecule has 0 atom stereocenters. The molecule has 0 radical (unpaired) electrons. The summed E-state index contributed by atoms with van der Waals surface area (Å²) in [5, 5.41) is 2.94. The number of methoxy groups -OCH3 is 1. The Balaban J connectivity index is 2.49. The summed E-state index contributed by atoms with van der Waals surface area (Å²) in [6.07, 6.45) is 0.464. The molecule has 0 spiro atoms. The maximum atomic E-state index is 12.1. The summed E-state index contributed by atoms with van der Waals surface area (Å²) in [5.74, 6) is 0.0194. The normalized spacial score (nSPS) is 11.1. The standard InChI is InChI=1S/C16H27N3O2/c1-12(2)19(9-10-21-4)8-7-16(20)18-15-6-5-14(17)11-13(15)3/h5-6,11-12H,7-10,17H2,1-4H3,(H,18,20). The molecule has 21 heavy (non-hydrogen) atoms. The number of ether oxygens (including phenoxy) is 1. The highest BCUT2D eigenvalue weighted by Gasteiger charge is 2.12. The van der Waals surface area contributed by atoms with Crippen molar-refractivity contribution in [1.82, 2.24) is 4.90 Å². The predicted molar refractivity (Wildman–Crippen MR) is 87.4 cm³/mol. The Morgan fingerprint density at radius 1 is 1.38 bits per heavy atom. The maximum Gasteiger partial charge on any atom is 0.225 e. The molecule has 0 unspecified atom stereocenters. The number of anilines is 2. The van der Waals surface area contributed by atoms with E-state index in [9.17, 15) is 4.79 Å². The predicted octanol–water partition coefficient (Wildman–Crippen LogP) is 2.26. The van der Waals surface area contributed by atoms with Crippen LogP contribution >= 0.6 is 0 Å². The van der Waals surface area contributed by atoms with Crippen molar-refractivity contribution in [2.75, 3.05) is 37.9 Å². The van der Waals surface area contributed by atoms with Crippen molar-refractivity contribution in [2.24, 2.45) is 0 Å². The van der Waals surface area contributed by atoms with Gasteiger partial charge in [0.15, 0.2) is 0 Å². The minimum Gasteiger partial charge on any atom is -0.399 e. The Bertz CT molecular complexity index is 461. The van der Waals surface area contributed by atoms with Gasteiger partial charge in [-0.1, -0.05) is 0 Å². The fourth-order valence-corrected chi connectivity index (χ4v) is 2.12. The van der Waals surface area contributed by atoms with E-state index in [0.29, 0.717) is 24.8 Å². The quantitative estimate of drug-likeness (QED) is 0.722. The number of aryl methyl sites for hydroxylation is 1. The number of rotatable bonds is 8. The number of carbonyl (C=O) groups excluding carboxylic acids is 1. The highest BCUT2D eigenvalue weighted by molar-refractivity contribution is 5.91. The van der Waals surface area contributed by atoms with Gasteiger partial charge in [-0.05, 0) is 44.5 Å². The number of hydrogen-bond donors (Lipinski definition) is 2. The van der Waals surface area contributed by atoms with Gasteiger partial charge in [0.25, 0.3) is 0 Å². The molecule has 1 aromatic rings. The lowest BCUT2D eigenvalue weighted by Gasteiger charge is -2.25. The second-order valence-electron chi connectivity index (χ2n) is 5.50. The first-order valence-electron chi connectivity index (χ1n) is 7.33. The first-order chi connectivity index (χ1) is 9.93. The number of amides is 1. The second kappa shape index (κ2) is 8.64. The molecule has 1 aromatic carbocycles. The molecule has 5 nitrogen and oxygen atoms in total.